The van der Waals surface area contributed by atoms with E-state index in [1.807, 2.05) is 140 Å². The number of hydrogen-bond acceptors (Lipinski definition) is 7. The van der Waals surface area contributed by atoms with Gasteiger partial charge in [-0.2, -0.15) is 0 Å². The van der Waals surface area contributed by atoms with Crippen LogP contribution in [0.1, 0.15) is 82.9 Å². The third-order valence-electron chi connectivity index (χ3n) is 10.3. The van der Waals surface area contributed by atoms with E-state index in [-0.39, 0.29) is 6.61 Å². The fraction of sp³-hybridized carbons (Fsp3) is 0.269. The van der Waals surface area contributed by atoms with Crippen LogP contribution in [-0.4, -0.2) is 44.8 Å². The van der Waals surface area contributed by atoms with Gasteiger partial charge in [-0.15, -0.1) is 0 Å². The Balaban J connectivity index is 0.000000211. The molecule has 0 spiro atoms. The van der Waals surface area contributed by atoms with E-state index in [0.29, 0.717) is 15.6 Å². The van der Waals surface area contributed by atoms with Crippen molar-refractivity contribution < 1.29 is 28.9 Å². The molecule has 2 atom stereocenters. The van der Waals surface area contributed by atoms with Gasteiger partial charge in [0.2, 0.25) is 0 Å². The van der Waals surface area contributed by atoms with Gasteiger partial charge >= 0.3 is 11.9 Å². The van der Waals surface area contributed by atoms with Crippen molar-refractivity contribution in [1.82, 2.24) is 9.97 Å². The number of benzene rings is 6. The van der Waals surface area contributed by atoms with Crippen LogP contribution in [0.15, 0.2) is 120 Å². The number of halogens is 3. The summed E-state index contributed by atoms with van der Waals surface area (Å²) in [6.45, 7) is 17.4. The van der Waals surface area contributed by atoms with Crippen molar-refractivity contribution in [3.8, 4) is 33.4 Å². The predicted molar refractivity (Wildman–Crippen MR) is 258 cm³/mol. The van der Waals surface area contributed by atoms with Crippen LogP contribution in [0, 0.1) is 13.8 Å². The molecule has 11 heteroatoms. The second-order valence-electron chi connectivity index (χ2n) is 17.1. The molecule has 0 aliphatic rings. The van der Waals surface area contributed by atoms with Crippen molar-refractivity contribution in [3.05, 3.63) is 153 Å². The van der Waals surface area contributed by atoms with Crippen LogP contribution in [0.4, 0.5) is 0 Å². The number of carbonyl (C=O) groups is 2. The summed E-state index contributed by atoms with van der Waals surface area (Å²) in [6, 6.07) is 31.2. The molecule has 7 rings (SSSR count). The second kappa shape index (κ2) is 19.7. The fourth-order valence-corrected chi connectivity index (χ4v) is 8.64. The first-order valence-corrected chi connectivity index (χ1v) is 22.1. The fourth-order valence-electron chi connectivity index (χ4n) is 7.83. The number of aromatic nitrogens is 2. The molecule has 326 valence electrons. The lowest BCUT2D eigenvalue weighted by atomic mass is 9.82. The van der Waals surface area contributed by atoms with Crippen molar-refractivity contribution in [3.63, 3.8) is 0 Å². The average molecular weight is 951 g/mol. The van der Waals surface area contributed by atoms with Crippen LogP contribution in [0.2, 0.25) is 10.0 Å². The first-order chi connectivity index (χ1) is 29.8. The highest BCUT2D eigenvalue weighted by Gasteiger charge is 2.35. The molecular weight excluding hydrogens is 899 g/mol. The Hall–Kier alpha value is -5.16. The molecule has 0 radical (unpaired) electrons. The molecule has 6 aromatic carbocycles. The minimum absolute atomic E-state index is 0.285. The summed E-state index contributed by atoms with van der Waals surface area (Å²) in [5, 5.41) is 15.6. The van der Waals surface area contributed by atoms with E-state index in [2.05, 4.69) is 38.0 Å². The van der Waals surface area contributed by atoms with Crippen molar-refractivity contribution in [2.24, 2.45) is 0 Å². The molecule has 1 N–H and O–H groups in total. The quantitative estimate of drug-likeness (QED) is 0.135. The van der Waals surface area contributed by atoms with Gasteiger partial charge in [0.15, 0.2) is 12.2 Å². The standard InChI is InChI=1S/C27H25ClN2O3.C25H26BrClO3/c1-16-22(18-13-29-15-30-14-18)20-7-5-6-8-21(20)24(17-9-11-19(28)12-10-17)23(16)25(26(31)32)33-27(2,3)4;1-6-29-24(28)23(30-25(3,4)5)20-15(2)22(26)19-10-8-7-9-18(19)21(20)16-11-13-17(27)14-12-16/h5-15,25H,1-4H3,(H,31,32);7-14,23H,6H2,1-5H3. The van der Waals surface area contributed by atoms with Crippen molar-refractivity contribution in [2.75, 3.05) is 6.61 Å². The Kier molecular flexibility index (Phi) is 14.8. The zero-order chi connectivity index (χ0) is 45.8. The minimum Gasteiger partial charge on any atom is -0.479 e. The molecule has 8 nitrogen and oxygen atoms in total. The van der Waals surface area contributed by atoms with Crippen molar-refractivity contribution in [1.29, 1.82) is 0 Å². The van der Waals surface area contributed by atoms with E-state index in [4.69, 9.17) is 37.4 Å². The molecular formula is C52H51BrCl2N2O6. The minimum atomic E-state index is -1.18. The summed E-state index contributed by atoms with van der Waals surface area (Å²) < 4.78 is 18.8. The number of rotatable bonds is 10. The largest absolute Gasteiger partial charge is 0.479 e. The first-order valence-electron chi connectivity index (χ1n) is 20.6. The van der Waals surface area contributed by atoms with Crippen LogP contribution < -0.4 is 0 Å². The second-order valence-corrected chi connectivity index (χ2v) is 18.7. The zero-order valence-corrected chi connectivity index (χ0v) is 39.9. The maximum Gasteiger partial charge on any atom is 0.339 e. The van der Waals surface area contributed by atoms with Gasteiger partial charge in [0.1, 0.15) is 6.33 Å². The van der Waals surface area contributed by atoms with E-state index < -0.39 is 35.3 Å². The summed E-state index contributed by atoms with van der Waals surface area (Å²) >= 11 is 16.1. The van der Waals surface area contributed by atoms with Crippen LogP contribution in [0.5, 0.6) is 0 Å². The third kappa shape index (κ3) is 10.8. The van der Waals surface area contributed by atoms with E-state index in [1.54, 1.807) is 19.3 Å². The smallest absolute Gasteiger partial charge is 0.339 e. The number of carboxylic acid groups (broad SMARTS) is 1. The first kappa shape index (κ1) is 47.3. The van der Waals surface area contributed by atoms with Crippen LogP contribution >= 0.6 is 39.1 Å². The zero-order valence-electron chi connectivity index (χ0n) is 36.8. The van der Waals surface area contributed by atoms with E-state index in [9.17, 15) is 14.7 Å². The topological polar surface area (TPSA) is 108 Å². The molecule has 0 saturated carbocycles. The van der Waals surface area contributed by atoms with Gasteiger partial charge in [-0.25, -0.2) is 19.6 Å². The highest BCUT2D eigenvalue weighted by molar-refractivity contribution is 9.10. The number of fused-ring (bicyclic) bond motifs is 2. The van der Waals surface area contributed by atoms with E-state index in [1.165, 1.54) is 6.33 Å². The van der Waals surface area contributed by atoms with E-state index >= 15 is 0 Å². The molecule has 0 aliphatic carbocycles. The van der Waals surface area contributed by atoms with Gasteiger partial charge in [-0.3, -0.25) is 0 Å². The maximum atomic E-state index is 13.1. The number of carboxylic acids is 1. The normalized spacial score (nSPS) is 12.7. The van der Waals surface area contributed by atoms with Gasteiger partial charge < -0.3 is 19.3 Å². The number of carbonyl (C=O) groups excluding carboxylic acids is 1. The monoisotopic (exact) mass is 948 g/mol. The maximum absolute atomic E-state index is 13.1. The average Bonchev–Trinajstić information content (AvgIpc) is 3.24. The van der Waals surface area contributed by atoms with Crippen molar-refractivity contribution >= 4 is 72.6 Å². The molecule has 0 aliphatic heterocycles. The van der Waals surface area contributed by atoms with Crippen LogP contribution in [0.25, 0.3) is 54.9 Å². The molecule has 63 heavy (non-hydrogen) atoms. The SMILES string of the molecule is CCOC(=O)C(OC(C)(C)C)c1c(C)c(Br)c2ccccc2c1-c1ccc(Cl)cc1.Cc1c(C(OC(C)(C)C)C(=O)O)c(-c2ccc(Cl)cc2)c2ccccc2c1-c1cncnc1. The molecule has 0 amide bonds. The lowest BCUT2D eigenvalue weighted by Crippen LogP contribution is -2.29. The Morgan fingerprint density at radius 1 is 0.619 bits per heavy atom. The number of hydrogen-bond donors (Lipinski definition) is 1. The summed E-state index contributed by atoms with van der Waals surface area (Å²) in [7, 11) is 0. The molecule has 0 fully saturated rings. The lowest BCUT2D eigenvalue weighted by molar-refractivity contribution is -0.166. The highest BCUT2D eigenvalue weighted by atomic mass is 79.9. The molecule has 0 bridgehead atoms. The van der Waals surface area contributed by atoms with E-state index in [0.717, 1.165) is 76.1 Å². The third-order valence-corrected chi connectivity index (χ3v) is 11.8. The van der Waals surface area contributed by atoms with Gasteiger partial charge in [-0.05, 0) is 163 Å². The molecule has 2 unspecified atom stereocenters. The number of nitrogens with zero attached hydrogens (tertiary/aromatic N) is 2. The highest BCUT2D eigenvalue weighted by Crippen LogP contribution is 2.47. The van der Waals surface area contributed by atoms with Crippen molar-refractivity contribution in [2.45, 2.75) is 85.7 Å². The number of esters is 1. The summed E-state index contributed by atoms with van der Waals surface area (Å²) in [5.41, 5.74) is 7.26. The summed E-state index contributed by atoms with van der Waals surface area (Å²) in [6.07, 6.45) is 2.93. The molecule has 0 saturated heterocycles. The van der Waals surface area contributed by atoms with Crippen LogP contribution in [0.3, 0.4) is 0 Å². The molecule has 7 aromatic rings. The Morgan fingerprint density at radius 3 is 1.48 bits per heavy atom. The molecule has 1 aromatic heterocycles. The molecule has 1 heterocycles. The van der Waals surface area contributed by atoms with Gasteiger partial charge in [-0.1, -0.05) is 96.0 Å². The Bertz CT molecular complexity index is 2770. The number of ether oxygens (including phenoxy) is 3. The predicted octanol–water partition coefficient (Wildman–Crippen LogP) is 14.5. The van der Waals surface area contributed by atoms with Gasteiger partial charge in [0.25, 0.3) is 0 Å². The summed E-state index contributed by atoms with van der Waals surface area (Å²) in [5.74, 6) is -1.44. The summed E-state index contributed by atoms with van der Waals surface area (Å²) in [4.78, 5) is 34.0. The Morgan fingerprint density at radius 2 is 1.03 bits per heavy atom. The Labute approximate surface area is 387 Å². The van der Waals surface area contributed by atoms with Gasteiger partial charge in [0, 0.05) is 43.6 Å². The number of aliphatic carboxylic acids is 1. The van der Waals surface area contributed by atoms with Gasteiger partial charge in [0.05, 0.1) is 17.8 Å². The lowest BCUT2D eigenvalue weighted by Gasteiger charge is -2.30. The van der Waals surface area contributed by atoms with Crippen LogP contribution in [-0.2, 0) is 23.8 Å².